The molecular formula is C14H13ClF2N2O2. The summed E-state index contributed by atoms with van der Waals surface area (Å²) in [6, 6.07) is 2.08. The molecule has 3 rings (SSSR count). The highest BCUT2D eigenvalue weighted by atomic mass is 35.5. The first-order chi connectivity index (χ1) is 10.0. The van der Waals surface area contributed by atoms with E-state index in [4.69, 9.17) is 16.3 Å². The van der Waals surface area contributed by atoms with Gasteiger partial charge in [0, 0.05) is 11.6 Å². The first kappa shape index (κ1) is 14.3. The highest BCUT2D eigenvalue weighted by Gasteiger charge is 2.24. The van der Waals surface area contributed by atoms with Crippen molar-refractivity contribution in [2.75, 3.05) is 13.2 Å². The van der Waals surface area contributed by atoms with E-state index in [2.05, 4.69) is 0 Å². The van der Waals surface area contributed by atoms with E-state index in [-0.39, 0.29) is 21.8 Å². The number of benzene rings is 1. The Labute approximate surface area is 124 Å². The Hall–Kier alpha value is -1.66. The minimum atomic E-state index is -0.797. The lowest BCUT2D eigenvalue weighted by molar-refractivity contribution is 0.137. The van der Waals surface area contributed by atoms with Gasteiger partial charge < -0.3 is 4.74 Å². The number of halogens is 3. The SMILES string of the molecule is Cc1cc(-c2c(Cl)n3n(c2=O)CCOCC3)c(F)cc1F. The highest BCUT2D eigenvalue weighted by Crippen LogP contribution is 2.29. The van der Waals surface area contributed by atoms with Crippen LogP contribution in [0.3, 0.4) is 0 Å². The molecule has 0 saturated heterocycles. The van der Waals surface area contributed by atoms with Gasteiger partial charge in [-0.2, -0.15) is 0 Å². The molecule has 0 bridgehead atoms. The smallest absolute Gasteiger partial charge is 0.276 e. The maximum Gasteiger partial charge on any atom is 0.276 e. The Kier molecular flexibility index (Phi) is 3.59. The van der Waals surface area contributed by atoms with E-state index in [1.165, 1.54) is 17.7 Å². The van der Waals surface area contributed by atoms with Crippen molar-refractivity contribution in [2.45, 2.75) is 20.0 Å². The number of fused-ring (bicyclic) bond motifs is 1. The van der Waals surface area contributed by atoms with Crippen molar-refractivity contribution in [3.8, 4) is 11.1 Å². The summed E-state index contributed by atoms with van der Waals surface area (Å²) < 4.78 is 35.7. The van der Waals surface area contributed by atoms with E-state index in [9.17, 15) is 13.6 Å². The molecule has 1 aromatic carbocycles. The van der Waals surface area contributed by atoms with Gasteiger partial charge in [-0.25, -0.2) is 13.5 Å². The van der Waals surface area contributed by atoms with Crippen molar-refractivity contribution in [3.05, 3.63) is 44.8 Å². The Morgan fingerprint density at radius 2 is 1.81 bits per heavy atom. The van der Waals surface area contributed by atoms with Gasteiger partial charge in [0.1, 0.15) is 16.8 Å². The van der Waals surface area contributed by atoms with E-state index in [0.29, 0.717) is 26.3 Å². The lowest BCUT2D eigenvalue weighted by atomic mass is 10.1. The van der Waals surface area contributed by atoms with Crippen LogP contribution in [0, 0.1) is 18.6 Å². The maximum absolute atomic E-state index is 14.0. The predicted molar refractivity (Wildman–Crippen MR) is 74.6 cm³/mol. The number of hydrogen-bond acceptors (Lipinski definition) is 2. The van der Waals surface area contributed by atoms with Crippen LogP contribution < -0.4 is 5.56 Å². The molecule has 0 unspecified atom stereocenters. The molecule has 0 saturated carbocycles. The third-order valence-electron chi connectivity index (χ3n) is 3.59. The van der Waals surface area contributed by atoms with Gasteiger partial charge in [-0.15, -0.1) is 0 Å². The van der Waals surface area contributed by atoms with Gasteiger partial charge in [0.05, 0.1) is 31.9 Å². The van der Waals surface area contributed by atoms with Crippen LogP contribution in [0.2, 0.25) is 5.15 Å². The molecule has 1 aromatic heterocycles. The van der Waals surface area contributed by atoms with Gasteiger partial charge in [-0.05, 0) is 18.6 Å². The van der Waals surface area contributed by atoms with E-state index in [0.717, 1.165) is 6.07 Å². The molecule has 2 aromatic rings. The zero-order valence-electron chi connectivity index (χ0n) is 11.3. The number of ether oxygens (including phenoxy) is 1. The molecular weight excluding hydrogens is 302 g/mol. The van der Waals surface area contributed by atoms with Crippen LogP contribution in [0.4, 0.5) is 8.78 Å². The zero-order valence-corrected chi connectivity index (χ0v) is 12.1. The molecule has 0 atom stereocenters. The van der Waals surface area contributed by atoms with Crippen molar-refractivity contribution in [1.82, 2.24) is 9.36 Å². The standard InChI is InChI=1S/C14H13ClF2N2O2/c1-8-6-9(11(17)7-10(8)16)12-13(15)18-2-4-21-5-3-19(18)14(12)20/h6-7H,2-5H2,1H3. The molecule has 21 heavy (non-hydrogen) atoms. The van der Waals surface area contributed by atoms with Crippen LogP contribution in [0.1, 0.15) is 5.56 Å². The third kappa shape index (κ3) is 2.28. The summed E-state index contributed by atoms with van der Waals surface area (Å²) in [4.78, 5) is 12.5. The van der Waals surface area contributed by atoms with Gasteiger partial charge in [0.2, 0.25) is 0 Å². The second-order valence-corrected chi connectivity index (χ2v) is 5.27. The van der Waals surface area contributed by atoms with Crippen LogP contribution in [-0.2, 0) is 17.8 Å². The number of hydrogen-bond donors (Lipinski definition) is 0. The van der Waals surface area contributed by atoms with Crippen LogP contribution >= 0.6 is 11.6 Å². The maximum atomic E-state index is 14.0. The van der Waals surface area contributed by atoms with Crippen molar-refractivity contribution >= 4 is 11.6 Å². The Bertz CT molecular complexity index is 767. The number of nitrogens with zero attached hydrogens (tertiary/aromatic N) is 2. The topological polar surface area (TPSA) is 36.2 Å². The fourth-order valence-electron chi connectivity index (χ4n) is 2.48. The fraction of sp³-hybridized carbons (Fsp3) is 0.357. The molecule has 0 N–H and O–H groups in total. The first-order valence-electron chi connectivity index (χ1n) is 6.53. The summed E-state index contributed by atoms with van der Waals surface area (Å²) in [6.45, 7) is 3.09. The van der Waals surface area contributed by atoms with Gasteiger partial charge in [0.25, 0.3) is 5.56 Å². The Morgan fingerprint density at radius 3 is 2.52 bits per heavy atom. The molecule has 0 aliphatic carbocycles. The summed E-state index contributed by atoms with van der Waals surface area (Å²) in [5.41, 5.74) is -0.0379. The Morgan fingerprint density at radius 1 is 1.14 bits per heavy atom. The molecule has 0 amide bonds. The van der Waals surface area contributed by atoms with Crippen molar-refractivity contribution in [3.63, 3.8) is 0 Å². The Balaban J connectivity index is 2.25. The lowest BCUT2D eigenvalue weighted by Crippen LogP contribution is -2.23. The van der Waals surface area contributed by atoms with E-state index in [1.54, 1.807) is 4.68 Å². The zero-order chi connectivity index (χ0) is 15.1. The van der Waals surface area contributed by atoms with Gasteiger partial charge in [0.15, 0.2) is 0 Å². The second kappa shape index (κ2) is 5.27. The molecule has 0 radical (unpaired) electrons. The monoisotopic (exact) mass is 314 g/mol. The lowest BCUT2D eigenvalue weighted by Gasteiger charge is -2.06. The van der Waals surface area contributed by atoms with E-state index < -0.39 is 17.2 Å². The fourth-order valence-corrected chi connectivity index (χ4v) is 2.84. The molecule has 2 heterocycles. The molecule has 0 fully saturated rings. The third-order valence-corrected chi connectivity index (χ3v) is 3.97. The number of rotatable bonds is 1. The van der Waals surface area contributed by atoms with E-state index >= 15 is 0 Å². The predicted octanol–water partition coefficient (Wildman–Crippen LogP) is 2.59. The minimum absolute atomic E-state index is 0.0258. The largest absolute Gasteiger partial charge is 0.378 e. The summed E-state index contributed by atoms with van der Waals surface area (Å²) in [5, 5.41) is 0.149. The van der Waals surface area contributed by atoms with Crippen molar-refractivity contribution < 1.29 is 13.5 Å². The molecule has 4 nitrogen and oxygen atoms in total. The summed E-state index contributed by atoms with van der Waals surface area (Å²) in [7, 11) is 0. The van der Waals surface area contributed by atoms with Crippen LogP contribution in [0.5, 0.6) is 0 Å². The molecule has 0 spiro atoms. The molecule has 1 aliphatic rings. The van der Waals surface area contributed by atoms with Crippen molar-refractivity contribution in [1.29, 1.82) is 0 Å². The van der Waals surface area contributed by atoms with Gasteiger partial charge in [-0.1, -0.05) is 11.6 Å². The molecule has 7 heteroatoms. The minimum Gasteiger partial charge on any atom is -0.378 e. The van der Waals surface area contributed by atoms with Crippen LogP contribution in [-0.4, -0.2) is 22.6 Å². The normalized spacial score (nSPS) is 14.9. The molecule has 1 aliphatic heterocycles. The first-order valence-corrected chi connectivity index (χ1v) is 6.91. The van der Waals surface area contributed by atoms with Gasteiger partial charge >= 0.3 is 0 Å². The summed E-state index contributed by atoms with van der Waals surface area (Å²) in [6.07, 6.45) is 0. The average molecular weight is 315 g/mol. The summed E-state index contributed by atoms with van der Waals surface area (Å²) >= 11 is 6.24. The van der Waals surface area contributed by atoms with Gasteiger partial charge in [-0.3, -0.25) is 9.48 Å². The second-order valence-electron chi connectivity index (χ2n) is 4.91. The van der Waals surface area contributed by atoms with Crippen LogP contribution in [0.15, 0.2) is 16.9 Å². The van der Waals surface area contributed by atoms with Crippen LogP contribution in [0.25, 0.3) is 11.1 Å². The number of aryl methyl sites for hydroxylation is 1. The summed E-state index contributed by atoms with van der Waals surface area (Å²) in [5.74, 6) is -1.45. The quantitative estimate of drug-likeness (QED) is 0.811. The molecule has 112 valence electrons. The average Bonchev–Trinajstić information content (AvgIpc) is 2.63. The highest BCUT2D eigenvalue weighted by molar-refractivity contribution is 6.32. The number of aromatic nitrogens is 2. The van der Waals surface area contributed by atoms with E-state index in [1.807, 2.05) is 0 Å². The van der Waals surface area contributed by atoms with Crippen molar-refractivity contribution in [2.24, 2.45) is 0 Å².